The lowest BCUT2D eigenvalue weighted by atomic mass is 10.2. The van der Waals surface area contributed by atoms with Crippen molar-refractivity contribution in [3.05, 3.63) is 23.2 Å². The van der Waals surface area contributed by atoms with Gasteiger partial charge in [-0.1, -0.05) is 11.6 Å². The topological polar surface area (TPSA) is 84.5 Å². The molecule has 1 aromatic rings. The lowest BCUT2D eigenvalue weighted by Gasteiger charge is -2.12. The molecule has 116 valence electrons. The second-order valence-corrected chi connectivity index (χ2v) is 6.98. The molecular formula is C13H17ClN2O4S. The van der Waals surface area contributed by atoms with Crippen molar-refractivity contribution in [3.63, 3.8) is 0 Å². The third-order valence-electron chi connectivity index (χ3n) is 3.09. The molecule has 1 fully saturated rings. The molecule has 0 spiro atoms. The van der Waals surface area contributed by atoms with Crippen LogP contribution in [-0.2, 0) is 19.6 Å². The largest absolute Gasteiger partial charge is 0.377 e. The molecule has 0 aliphatic carbocycles. The van der Waals surface area contributed by atoms with E-state index in [0.717, 1.165) is 12.8 Å². The zero-order valence-corrected chi connectivity index (χ0v) is 13.1. The van der Waals surface area contributed by atoms with Crippen LogP contribution in [0.1, 0.15) is 19.8 Å². The minimum Gasteiger partial charge on any atom is -0.377 e. The van der Waals surface area contributed by atoms with E-state index in [4.69, 9.17) is 16.3 Å². The molecule has 2 N–H and O–H groups in total. The van der Waals surface area contributed by atoms with Crippen molar-refractivity contribution >= 4 is 33.2 Å². The van der Waals surface area contributed by atoms with Crippen LogP contribution in [0.25, 0.3) is 0 Å². The maximum absolute atomic E-state index is 12.2. The molecule has 1 amide bonds. The van der Waals surface area contributed by atoms with E-state index in [0.29, 0.717) is 12.3 Å². The average molecular weight is 333 g/mol. The summed E-state index contributed by atoms with van der Waals surface area (Å²) in [7, 11) is -3.64. The van der Waals surface area contributed by atoms with E-state index in [1.165, 1.54) is 25.1 Å². The van der Waals surface area contributed by atoms with Crippen LogP contribution in [0.5, 0.6) is 0 Å². The summed E-state index contributed by atoms with van der Waals surface area (Å²) in [6, 6.07) is 4.17. The quantitative estimate of drug-likeness (QED) is 0.860. The van der Waals surface area contributed by atoms with Gasteiger partial charge in [0.15, 0.2) is 0 Å². The van der Waals surface area contributed by atoms with E-state index in [9.17, 15) is 13.2 Å². The lowest BCUT2D eigenvalue weighted by molar-refractivity contribution is -0.114. The fraction of sp³-hybridized carbons (Fsp3) is 0.462. The molecular weight excluding hydrogens is 316 g/mol. The van der Waals surface area contributed by atoms with Crippen LogP contribution >= 0.6 is 11.6 Å². The molecule has 1 heterocycles. The van der Waals surface area contributed by atoms with Crippen molar-refractivity contribution in [1.82, 2.24) is 4.72 Å². The molecule has 21 heavy (non-hydrogen) atoms. The van der Waals surface area contributed by atoms with Gasteiger partial charge in [-0.2, -0.15) is 0 Å². The van der Waals surface area contributed by atoms with Gasteiger partial charge in [0, 0.05) is 20.1 Å². The van der Waals surface area contributed by atoms with Crippen LogP contribution < -0.4 is 10.0 Å². The van der Waals surface area contributed by atoms with Crippen LogP contribution in [0.15, 0.2) is 23.1 Å². The predicted molar refractivity (Wildman–Crippen MR) is 79.9 cm³/mol. The fourth-order valence-corrected chi connectivity index (χ4v) is 3.43. The Bertz CT molecular complexity index is 627. The van der Waals surface area contributed by atoms with Gasteiger partial charge in [-0.15, -0.1) is 0 Å². The highest BCUT2D eigenvalue weighted by molar-refractivity contribution is 7.89. The Morgan fingerprint density at radius 2 is 2.24 bits per heavy atom. The number of nitrogens with one attached hydrogen (secondary N) is 2. The molecule has 1 atom stereocenters. The number of carbonyl (C=O) groups is 1. The first-order valence-corrected chi connectivity index (χ1v) is 8.43. The summed E-state index contributed by atoms with van der Waals surface area (Å²) in [5.41, 5.74) is 0.377. The van der Waals surface area contributed by atoms with Crippen molar-refractivity contribution < 1.29 is 17.9 Å². The van der Waals surface area contributed by atoms with Crippen LogP contribution in [0.3, 0.4) is 0 Å². The zero-order valence-electron chi connectivity index (χ0n) is 11.6. The third kappa shape index (κ3) is 4.41. The van der Waals surface area contributed by atoms with Crippen molar-refractivity contribution in [1.29, 1.82) is 0 Å². The Kier molecular flexibility index (Phi) is 5.21. The molecule has 0 radical (unpaired) electrons. The molecule has 1 aromatic carbocycles. The van der Waals surface area contributed by atoms with E-state index in [1.54, 1.807) is 0 Å². The van der Waals surface area contributed by atoms with Gasteiger partial charge in [0.1, 0.15) is 0 Å². The number of sulfonamides is 1. The van der Waals surface area contributed by atoms with Gasteiger partial charge >= 0.3 is 0 Å². The molecule has 0 aromatic heterocycles. The first-order chi connectivity index (χ1) is 9.88. The van der Waals surface area contributed by atoms with E-state index in [1.807, 2.05) is 0 Å². The maximum atomic E-state index is 12.2. The van der Waals surface area contributed by atoms with E-state index < -0.39 is 10.0 Å². The highest BCUT2D eigenvalue weighted by Crippen LogP contribution is 2.25. The van der Waals surface area contributed by atoms with Crippen LogP contribution in [0.2, 0.25) is 5.02 Å². The molecule has 0 bridgehead atoms. The van der Waals surface area contributed by atoms with E-state index >= 15 is 0 Å². The Morgan fingerprint density at radius 3 is 2.81 bits per heavy atom. The number of rotatable bonds is 5. The monoisotopic (exact) mass is 332 g/mol. The number of carbonyl (C=O) groups excluding carboxylic acids is 1. The van der Waals surface area contributed by atoms with Gasteiger partial charge in [0.05, 0.1) is 21.7 Å². The number of ether oxygens (including phenoxy) is 1. The Morgan fingerprint density at radius 1 is 1.48 bits per heavy atom. The molecule has 1 saturated heterocycles. The highest BCUT2D eigenvalue weighted by Gasteiger charge is 2.21. The van der Waals surface area contributed by atoms with E-state index in [-0.39, 0.29) is 28.5 Å². The van der Waals surface area contributed by atoms with Gasteiger partial charge in [-0.05, 0) is 31.0 Å². The Balaban J connectivity index is 2.08. The second-order valence-electron chi connectivity index (χ2n) is 4.81. The number of hydrogen-bond donors (Lipinski definition) is 2. The molecule has 6 nitrogen and oxygen atoms in total. The number of benzene rings is 1. The Labute approximate surface area is 128 Å². The summed E-state index contributed by atoms with van der Waals surface area (Å²) in [5, 5.41) is 2.69. The first-order valence-electron chi connectivity index (χ1n) is 6.57. The van der Waals surface area contributed by atoms with Gasteiger partial charge in [-0.25, -0.2) is 13.1 Å². The standard InChI is InChI=1S/C13H17ClN2O4S/c1-9(17)16-13-5-4-11(7-12(13)14)21(18,19)15-8-10-3-2-6-20-10/h4-5,7,10,15H,2-3,6,8H2,1H3,(H,16,17). The third-order valence-corrected chi connectivity index (χ3v) is 4.82. The predicted octanol–water partition coefficient (Wildman–Crippen LogP) is 1.76. The summed E-state index contributed by atoms with van der Waals surface area (Å²) in [4.78, 5) is 11.0. The van der Waals surface area contributed by atoms with Crippen LogP contribution in [0, 0.1) is 0 Å². The molecule has 1 unspecified atom stereocenters. The molecule has 1 aliphatic heterocycles. The van der Waals surface area contributed by atoms with Crippen molar-refractivity contribution in [2.75, 3.05) is 18.5 Å². The van der Waals surface area contributed by atoms with Crippen molar-refractivity contribution in [2.45, 2.75) is 30.8 Å². The molecule has 1 aliphatic rings. The minimum atomic E-state index is -3.64. The highest BCUT2D eigenvalue weighted by atomic mass is 35.5. The number of hydrogen-bond acceptors (Lipinski definition) is 4. The molecule has 8 heteroatoms. The second kappa shape index (κ2) is 6.74. The summed E-state index contributed by atoms with van der Waals surface area (Å²) in [5.74, 6) is -0.274. The SMILES string of the molecule is CC(=O)Nc1ccc(S(=O)(=O)NCC2CCCO2)cc1Cl. The Hall–Kier alpha value is -1.15. The minimum absolute atomic E-state index is 0.0552. The van der Waals surface area contributed by atoms with Crippen molar-refractivity contribution in [2.24, 2.45) is 0 Å². The van der Waals surface area contributed by atoms with Gasteiger partial charge < -0.3 is 10.1 Å². The summed E-state index contributed by atoms with van der Waals surface area (Å²) < 4.78 is 32.2. The molecule has 0 saturated carbocycles. The first kappa shape index (κ1) is 16.2. The smallest absolute Gasteiger partial charge is 0.240 e. The number of halogens is 1. The number of amides is 1. The normalized spacial score (nSPS) is 18.7. The summed E-state index contributed by atoms with van der Waals surface area (Å²) >= 11 is 5.98. The number of anilines is 1. The van der Waals surface area contributed by atoms with Crippen LogP contribution in [0.4, 0.5) is 5.69 Å². The van der Waals surface area contributed by atoms with Gasteiger partial charge in [0.2, 0.25) is 15.9 Å². The molecule has 2 rings (SSSR count). The lowest BCUT2D eigenvalue weighted by Crippen LogP contribution is -2.31. The fourth-order valence-electron chi connectivity index (χ4n) is 2.05. The zero-order chi connectivity index (χ0) is 15.5. The summed E-state index contributed by atoms with van der Waals surface area (Å²) in [6.07, 6.45) is 1.72. The van der Waals surface area contributed by atoms with Gasteiger partial charge in [0.25, 0.3) is 0 Å². The van der Waals surface area contributed by atoms with Gasteiger partial charge in [-0.3, -0.25) is 4.79 Å². The average Bonchev–Trinajstić information content (AvgIpc) is 2.91. The maximum Gasteiger partial charge on any atom is 0.240 e. The van der Waals surface area contributed by atoms with Crippen LogP contribution in [-0.4, -0.2) is 33.6 Å². The van der Waals surface area contributed by atoms with E-state index in [2.05, 4.69) is 10.0 Å². The summed E-state index contributed by atoms with van der Waals surface area (Å²) in [6.45, 7) is 2.27. The van der Waals surface area contributed by atoms with Crippen molar-refractivity contribution in [3.8, 4) is 0 Å².